The Kier molecular flexibility index (Phi) is 53.3. The monoisotopic (exact) mass is 897 g/mol. The third-order valence-electron chi connectivity index (χ3n) is 12.3. The van der Waals surface area contributed by atoms with Crippen molar-refractivity contribution in [3.8, 4) is 0 Å². The molecule has 0 rings (SSSR count). The number of rotatable bonds is 52. The Balaban J connectivity index is 4.24. The Hall–Kier alpha value is -2.14. The Morgan fingerprint density at radius 3 is 1.11 bits per heavy atom. The van der Waals surface area contributed by atoms with E-state index in [-0.39, 0.29) is 25.2 Å². The fourth-order valence-corrected chi connectivity index (χ4v) is 8.07. The minimum atomic E-state index is -0.546. The van der Waals surface area contributed by atoms with Crippen LogP contribution < -0.4 is 0 Å². The third kappa shape index (κ3) is 52.5. The number of hydrogen-bond donors (Lipinski definition) is 0. The van der Waals surface area contributed by atoms with Crippen LogP contribution in [-0.4, -0.2) is 37.9 Å². The molecule has 64 heavy (non-hydrogen) atoms. The normalized spacial score (nSPS) is 12.5. The molecular weight excluding hydrogens is 789 g/mol. The van der Waals surface area contributed by atoms with Gasteiger partial charge in [0.1, 0.15) is 6.61 Å². The van der Waals surface area contributed by atoms with Gasteiger partial charge < -0.3 is 14.2 Å². The second-order valence-electron chi connectivity index (χ2n) is 18.8. The molecule has 0 aliphatic heterocycles. The number of carbonyl (C=O) groups is 2. The van der Waals surface area contributed by atoms with E-state index in [1.165, 1.54) is 199 Å². The summed E-state index contributed by atoms with van der Waals surface area (Å²) < 4.78 is 17.4. The maximum atomic E-state index is 12.8. The molecule has 0 saturated heterocycles. The summed E-state index contributed by atoms with van der Waals surface area (Å²) in [6.45, 7) is 7.77. The van der Waals surface area contributed by atoms with Crippen molar-refractivity contribution >= 4 is 11.9 Å². The highest BCUT2D eigenvalue weighted by atomic mass is 16.6. The smallest absolute Gasteiger partial charge is 0.306 e. The zero-order valence-corrected chi connectivity index (χ0v) is 43.1. The van der Waals surface area contributed by atoms with E-state index in [4.69, 9.17) is 14.2 Å². The van der Waals surface area contributed by atoms with Crippen molar-refractivity contribution in [2.75, 3.05) is 19.8 Å². The second-order valence-corrected chi connectivity index (χ2v) is 18.8. The Morgan fingerprint density at radius 2 is 0.688 bits per heavy atom. The topological polar surface area (TPSA) is 61.8 Å². The number of carbonyl (C=O) groups excluding carboxylic acids is 2. The first kappa shape index (κ1) is 61.9. The Morgan fingerprint density at radius 1 is 0.344 bits per heavy atom. The maximum absolute atomic E-state index is 12.8. The van der Waals surface area contributed by atoms with E-state index in [1.54, 1.807) is 0 Å². The molecule has 0 aliphatic carbocycles. The molecule has 0 saturated carbocycles. The Bertz CT molecular complexity index is 1060. The lowest BCUT2D eigenvalue weighted by Gasteiger charge is -2.18. The third-order valence-corrected chi connectivity index (χ3v) is 12.3. The predicted octanol–water partition coefficient (Wildman–Crippen LogP) is 19.1. The van der Waals surface area contributed by atoms with E-state index in [9.17, 15) is 9.59 Å². The van der Waals surface area contributed by atoms with Gasteiger partial charge in [0.2, 0.25) is 0 Å². The van der Waals surface area contributed by atoms with E-state index in [2.05, 4.69) is 69.4 Å². The quantitative estimate of drug-likeness (QED) is 0.0346. The summed E-state index contributed by atoms with van der Waals surface area (Å²) in [5, 5.41) is 0. The van der Waals surface area contributed by atoms with Crippen LogP contribution in [0.1, 0.15) is 290 Å². The molecule has 0 bridgehead atoms. The minimum absolute atomic E-state index is 0.0782. The van der Waals surface area contributed by atoms with Crippen LogP contribution >= 0.6 is 0 Å². The summed E-state index contributed by atoms with van der Waals surface area (Å²) in [7, 11) is 0. The summed E-state index contributed by atoms with van der Waals surface area (Å²) in [5.41, 5.74) is 0. The second kappa shape index (κ2) is 55.2. The van der Waals surface area contributed by atoms with Crippen LogP contribution in [0.4, 0.5) is 0 Å². The van der Waals surface area contributed by atoms with E-state index >= 15 is 0 Å². The molecule has 1 atom stereocenters. The lowest BCUT2D eigenvalue weighted by Crippen LogP contribution is -2.30. The summed E-state index contributed by atoms with van der Waals surface area (Å²) in [4.78, 5) is 25.5. The van der Waals surface area contributed by atoms with Gasteiger partial charge in [0, 0.05) is 19.4 Å². The van der Waals surface area contributed by atoms with Crippen LogP contribution in [0.15, 0.2) is 48.6 Å². The fourth-order valence-electron chi connectivity index (χ4n) is 8.07. The zero-order chi connectivity index (χ0) is 46.3. The van der Waals surface area contributed by atoms with Crippen LogP contribution in [-0.2, 0) is 23.8 Å². The molecular formula is C59H108O5. The van der Waals surface area contributed by atoms with Gasteiger partial charge in [0.05, 0.1) is 6.61 Å². The van der Waals surface area contributed by atoms with Gasteiger partial charge in [-0.3, -0.25) is 9.59 Å². The van der Waals surface area contributed by atoms with E-state index in [0.717, 1.165) is 57.8 Å². The van der Waals surface area contributed by atoms with Gasteiger partial charge in [-0.1, -0.05) is 230 Å². The molecule has 0 aromatic carbocycles. The van der Waals surface area contributed by atoms with Crippen molar-refractivity contribution in [2.45, 2.75) is 297 Å². The van der Waals surface area contributed by atoms with Crippen LogP contribution in [0.3, 0.4) is 0 Å². The molecule has 0 fully saturated rings. The summed E-state index contributed by atoms with van der Waals surface area (Å²) in [5.74, 6) is -0.408. The molecule has 0 aliphatic rings. The summed E-state index contributed by atoms with van der Waals surface area (Å²) in [6.07, 6.45) is 68.4. The lowest BCUT2D eigenvalue weighted by atomic mass is 10.1. The highest BCUT2D eigenvalue weighted by Gasteiger charge is 2.17. The van der Waals surface area contributed by atoms with Gasteiger partial charge in [0.15, 0.2) is 6.10 Å². The highest BCUT2D eigenvalue weighted by Crippen LogP contribution is 2.15. The molecule has 1 unspecified atom stereocenters. The molecule has 0 N–H and O–H groups in total. The first-order chi connectivity index (χ1) is 31.6. The highest BCUT2D eigenvalue weighted by molar-refractivity contribution is 5.70. The number of esters is 2. The van der Waals surface area contributed by atoms with Crippen LogP contribution in [0.25, 0.3) is 0 Å². The molecule has 5 heteroatoms. The predicted molar refractivity (Wildman–Crippen MR) is 279 cm³/mol. The molecule has 0 heterocycles. The van der Waals surface area contributed by atoms with Crippen molar-refractivity contribution < 1.29 is 23.8 Å². The molecule has 374 valence electrons. The maximum Gasteiger partial charge on any atom is 0.306 e. The minimum Gasteiger partial charge on any atom is -0.462 e. The molecule has 0 aromatic heterocycles. The molecule has 0 radical (unpaired) electrons. The van der Waals surface area contributed by atoms with Gasteiger partial charge in [0.25, 0.3) is 0 Å². The number of ether oxygens (including phenoxy) is 3. The van der Waals surface area contributed by atoms with Gasteiger partial charge in [-0.25, -0.2) is 0 Å². The SMILES string of the molecule is CCC/C=C\C/C=C\CCCCCCCC(=O)OC(COCCCCCCCC/C=C\CCCCCCCC)COC(=O)CCCCCCCCCCC/C=C\CCCCCCCC. The molecule has 5 nitrogen and oxygen atoms in total. The van der Waals surface area contributed by atoms with Crippen molar-refractivity contribution in [1.29, 1.82) is 0 Å². The van der Waals surface area contributed by atoms with Crippen molar-refractivity contribution in [3.63, 3.8) is 0 Å². The molecule has 0 aromatic rings. The largest absolute Gasteiger partial charge is 0.462 e. The van der Waals surface area contributed by atoms with Crippen LogP contribution in [0.5, 0.6) is 0 Å². The molecule has 0 spiro atoms. The van der Waals surface area contributed by atoms with Crippen molar-refractivity contribution in [3.05, 3.63) is 48.6 Å². The standard InChI is InChI=1S/C59H108O5/c1-4-7-10-13-16-19-22-25-27-29-30-31-32-35-37-40-43-46-49-52-58(60)63-56-57(64-59(61)53-50-47-44-41-38-34-24-21-18-15-12-9-6-3)55-62-54-51-48-45-42-39-36-33-28-26-23-20-17-14-11-8-5-2/h12,15,21,24-28,57H,4-11,13-14,16-20,22-23,29-56H2,1-3H3/b15-12-,24-21-,27-25-,28-26-. The van der Waals surface area contributed by atoms with Crippen molar-refractivity contribution in [1.82, 2.24) is 0 Å². The molecule has 0 amide bonds. The van der Waals surface area contributed by atoms with Gasteiger partial charge in [-0.15, -0.1) is 0 Å². The van der Waals surface area contributed by atoms with Gasteiger partial charge in [-0.2, -0.15) is 0 Å². The fraction of sp³-hybridized carbons (Fsp3) is 0.831. The number of hydrogen-bond acceptors (Lipinski definition) is 5. The number of unbranched alkanes of at least 4 members (excludes halogenated alkanes) is 33. The van der Waals surface area contributed by atoms with E-state index < -0.39 is 6.10 Å². The van der Waals surface area contributed by atoms with E-state index in [0.29, 0.717) is 19.4 Å². The van der Waals surface area contributed by atoms with Crippen LogP contribution in [0.2, 0.25) is 0 Å². The Labute approximate surface area is 399 Å². The van der Waals surface area contributed by atoms with Gasteiger partial charge in [-0.05, 0) is 96.3 Å². The first-order valence-electron chi connectivity index (χ1n) is 28.2. The number of allylic oxidation sites excluding steroid dienone is 8. The van der Waals surface area contributed by atoms with Gasteiger partial charge >= 0.3 is 11.9 Å². The lowest BCUT2D eigenvalue weighted by molar-refractivity contribution is -0.163. The zero-order valence-electron chi connectivity index (χ0n) is 43.1. The average Bonchev–Trinajstić information content (AvgIpc) is 3.30. The van der Waals surface area contributed by atoms with E-state index in [1.807, 2.05) is 0 Å². The van der Waals surface area contributed by atoms with Crippen LogP contribution in [0, 0.1) is 0 Å². The average molecular weight is 898 g/mol. The van der Waals surface area contributed by atoms with Crippen molar-refractivity contribution in [2.24, 2.45) is 0 Å². The summed E-state index contributed by atoms with van der Waals surface area (Å²) in [6, 6.07) is 0. The summed E-state index contributed by atoms with van der Waals surface area (Å²) >= 11 is 0. The first-order valence-corrected chi connectivity index (χ1v) is 28.2.